The Morgan fingerprint density at radius 3 is 2.00 bits per heavy atom. The van der Waals surface area contributed by atoms with Gasteiger partial charge in [-0.2, -0.15) is 12.6 Å². The molecule has 11 heavy (non-hydrogen) atoms. The van der Waals surface area contributed by atoms with E-state index in [0.29, 0.717) is 12.4 Å². The van der Waals surface area contributed by atoms with Crippen LogP contribution in [0.1, 0.15) is 27.7 Å². The van der Waals surface area contributed by atoms with Gasteiger partial charge in [0.2, 0.25) is 0 Å². The minimum Gasteiger partial charge on any atom is -0.388 e. The zero-order chi connectivity index (χ0) is 9.12. The maximum absolute atomic E-state index is 9.33. The van der Waals surface area contributed by atoms with E-state index in [-0.39, 0.29) is 5.60 Å². The van der Waals surface area contributed by atoms with Gasteiger partial charge in [-0.3, -0.25) is 0 Å². The highest BCUT2D eigenvalue weighted by molar-refractivity contribution is 7.80. The molecule has 0 bridgehead atoms. The van der Waals surface area contributed by atoms with E-state index >= 15 is 0 Å². The summed E-state index contributed by atoms with van der Waals surface area (Å²) in [5.41, 5.74) is -0.997. The van der Waals surface area contributed by atoms with Gasteiger partial charge in [0.15, 0.2) is 0 Å². The largest absolute Gasteiger partial charge is 0.388 e. The van der Waals surface area contributed by atoms with Crippen LogP contribution in [0, 0.1) is 0 Å². The summed E-state index contributed by atoms with van der Waals surface area (Å²) in [6.07, 6.45) is 0. The molecule has 0 amide bonds. The molecule has 0 radical (unpaired) electrons. The van der Waals surface area contributed by atoms with E-state index < -0.39 is 5.60 Å². The second kappa shape index (κ2) is 3.78. The van der Waals surface area contributed by atoms with E-state index in [1.54, 1.807) is 13.8 Å². The molecule has 0 unspecified atom stereocenters. The summed E-state index contributed by atoms with van der Waals surface area (Å²) in [4.78, 5) is 0. The van der Waals surface area contributed by atoms with Crippen LogP contribution in [0.4, 0.5) is 0 Å². The normalized spacial score (nSPS) is 13.6. The van der Waals surface area contributed by atoms with E-state index in [1.807, 2.05) is 13.8 Å². The summed E-state index contributed by atoms with van der Waals surface area (Å²) in [5.74, 6) is 0.656. The smallest absolute Gasteiger partial charge is 0.0824 e. The van der Waals surface area contributed by atoms with Crippen molar-refractivity contribution < 1.29 is 9.84 Å². The first-order valence-corrected chi connectivity index (χ1v) is 4.37. The van der Waals surface area contributed by atoms with Crippen LogP contribution in [0.15, 0.2) is 0 Å². The molecule has 0 rings (SSSR count). The third-order valence-corrected chi connectivity index (χ3v) is 1.96. The maximum Gasteiger partial charge on any atom is 0.0824 e. The van der Waals surface area contributed by atoms with Crippen molar-refractivity contribution in [1.82, 2.24) is 0 Å². The van der Waals surface area contributed by atoms with Gasteiger partial charge in [-0.1, -0.05) is 0 Å². The van der Waals surface area contributed by atoms with Crippen LogP contribution in [0.2, 0.25) is 0 Å². The maximum atomic E-state index is 9.33. The van der Waals surface area contributed by atoms with E-state index in [2.05, 4.69) is 12.6 Å². The summed E-state index contributed by atoms with van der Waals surface area (Å²) in [6, 6.07) is 0. The van der Waals surface area contributed by atoms with Crippen LogP contribution in [0.3, 0.4) is 0 Å². The molecule has 1 N–H and O–H groups in total. The Morgan fingerprint density at radius 1 is 1.27 bits per heavy atom. The number of aliphatic hydroxyl groups is 1. The van der Waals surface area contributed by atoms with Gasteiger partial charge in [-0.05, 0) is 27.7 Å². The number of thiol groups is 1. The molecule has 0 spiro atoms. The lowest BCUT2D eigenvalue weighted by Crippen LogP contribution is -2.35. The third-order valence-electron chi connectivity index (χ3n) is 1.20. The molecule has 0 aliphatic heterocycles. The average molecular weight is 178 g/mol. The highest BCUT2D eigenvalue weighted by Crippen LogP contribution is 2.13. The topological polar surface area (TPSA) is 29.5 Å². The molecule has 68 valence electrons. The first-order chi connectivity index (χ1) is 4.77. The van der Waals surface area contributed by atoms with Gasteiger partial charge in [0, 0.05) is 5.75 Å². The van der Waals surface area contributed by atoms with Crippen LogP contribution in [-0.2, 0) is 4.74 Å². The molecule has 3 heteroatoms. The number of hydrogen-bond donors (Lipinski definition) is 2. The molecule has 0 aromatic carbocycles. The van der Waals surface area contributed by atoms with Gasteiger partial charge in [-0.15, -0.1) is 0 Å². The molecule has 2 nitrogen and oxygen atoms in total. The predicted molar refractivity (Wildman–Crippen MR) is 50.2 cm³/mol. The standard InChI is InChI=1S/C8H18O2S/c1-7(2,9)5-10-8(3,4)6-11/h9,11H,5-6H2,1-4H3. The molecule has 0 heterocycles. The molecule has 0 aliphatic rings. The van der Waals surface area contributed by atoms with Crippen molar-refractivity contribution in [3.63, 3.8) is 0 Å². The monoisotopic (exact) mass is 178 g/mol. The van der Waals surface area contributed by atoms with Crippen molar-refractivity contribution in [2.24, 2.45) is 0 Å². The molecule has 0 saturated heterocycles. The second-order valence-electron chi connectivity index (χ2n) is 4.02. The number of rotatable bonds is 4. The first-order valence-electron chi connectivity index (χ1n) is 3.74. The van der Waals surface area contributed by atoms with Gasteiger partial charge < -0.3 is 9.84 Å². The van der Waals surface area contributed by atoms with Crippen molar-refractivity contribution in [3.05, 3.63) is 0 Å². The fourth-order valence-electron chi connectivity index (χ4n) is 0.418. The van der Waals surface area contributed by atoms with Crippen molar-refractivity contribution in [1.29, 1.82) is 0 Å². The highest BCUT2D eigenvalue weighted by atomic mass is 32.1. The molecule has 0 aromatic rings. The zero-order valence-electron chi connectivity index (χ0n) is 7.72. The highest BCUT2D eigenvalue weighted by Gasteiger charge is 2.21. The van der Waals surface area contributed by atoms with E-state index in [0.717, 1.165) is 0 Å². The van der Waals surface area contributed by atoms with Gasteiger partial charge in [0.05, 0.1) is 17.8 Å². The van der Waals surface area contributed by atoms with Crippen molar-refractivity contribution in [3.8, 4) is 0 Å². The molecular weight excluding hydrogens is 160 g/mol. The fourth-order valence-corrected chi connectivity index (χ4v) is 0.509. The Labute approximate surface area is 74.4 Å². The van der Waals surface area contributed by atoms with Crippen molar-refractivity contribution in [2.45, 2.75) is 38.9 Å². The number of ether oxygens (including phenoxy) is 1. The Kier molecular flexibility index (Phi) is 3.88. The van der Waals surface area contributed by atoms with E-state index in [4.69, 9.17) is 4.74 Å². The summed E-state index contributed by atoms with van der Waals surface area (Å²) in [6.45, 7) is 7.70. The Hall–Kier alpha value is 0.270. The Bertz CT molecular complexity index is 116. The molecular formula is C8H18O2S. The van der Waals surface area contributed by atoms with Crippen LogP contribution >= 0.6 is 12.6 Å². The van der Waals surface area contributed by atoms with Crippen molar-refractivity contribution in [2.75, 3.05) is 12.4 Å². The van der Waals surface area contributed by atoms with Gasteiger partial charge in [0.25, 0.3) is 0 Å². The predicted octanol–water partition coefficient (Wildman–Crippen LogP) is 1.48. The molecule has 0 saturated carbocycles. The number of hydrogen-bond acceptors (Lipinski definition) is 3. The van der Waals surface area contributed by atoms with Gasteiger partial charge in [-0.25, -0.2) is 0 Å². The quantitative estimate of drug-likeness (QED) is 0.639. The third kappa shape index (κ3) is 6.66. The van der Waals surface area contributed by atoms with Crippen molar-refractivity contribution >= 4 is 12.6 Å². The Morgan fingerprint density at radius 2 is 1.73 bits per heavy atom. The summed E-state index contributed by atoms with van der Waals surface area (Å²) >= 11 is 4.12. The second-order valence-corrected chi connectivity index (χ2v) is 4.34. The molecule has 0 fully saturated rings. The lowest BCUT2D eigenvalue weighted by atomic mass is 10.1. The minimum atomic E-state index is -0.750. The Balaban J connectivity index is 3.70. The summed E-state index contributed by atoms with van der Waals surface area (Å²) in [7, 11) is 0. The SMILES string of the molecule is CC(C)(O)COC(C)(C)CS. The van der Waals surface area contributed by atoms with Crippen LogP contribution in [0.25, 0.3) is 0 Å². The summed E-state index contributed by atoms with van der Waals surface area (Å²) in [5, 5.41) is 9.33. The first kappa shape index (κ1) is 11.3. The lowest BCUT2D eigenvalue weighted by molar-refractivity contribution is -0.0805. The molecule has 0 aromatic heterocycles. The summed E-state index contributed by atoms with van der Waals surface area (Å²) < 4.78 is 5.42. The lowest BCUT2D eigenvalue weighted by Gasteiger charge is -2.27. The van der Waals surface area contributed by atoms with E-state index in [9.17, 15) is 5.11 Å². The zero-order valence-corrected chi connectivity index (χ0v) is 8.61. The fraction of sp³-hybridized carbons (Fsp3) is 1.00. The van der Waals surface area contributed by atoms with E-state index in [1.165, 1.54) is 0 Å². The molecule has 0 atom stereocenters. The average Bonchev–Trinajstić information content (AvgIpc) is 1.83. The van der Waals surface area contributed by atoms with Gasteiger partial charge >= 0.3 is 0 Å². The molecule has 0 aliphatic carbocycles. The van der Waals surface area contributed by atoms with Crippen LogP contribution < -0.4 is 0 Å². The van der Waals surface area contributed by atoms with Crippen LogP contribution in [-0.4, -0.2) is 28.7 Å². The van der Waals surface area contributed by atoms with Gasteiger partial charge in [0.1, 0.15) is 0 Å². The van der Waals surface area contributed by atoms with Crippen LogP contribution in [0.5, 0.6) is 0 Å². The minimum absolute atomic E-state index is 0.247.